The van der Waals surface area contributed by atoms with Crippen molar-refractivity contribution in [2.45, 2.75) is 6.92 Å². The quantitative estimate of drug-likeness (QED) is 0.784. The maximum atomic E-state index is 11.8. The van der Waals surface area contributed by atoms with Gasteiger partial charge in [0, 0.05) is 17.3 Å². The number of rotatable bonds is 2. The predicted octanol–water partition coefficient (Wildman–Crippen LogP) is 2.02. The summed E-state index contributed by atoms with van der Waals surface area (Å²) in [4.78, 5) is 15.8. The van der Waals surface area contributed by atoms with Gasteiger partial charge < -0.3 is 5.32 Å². The second-order valence-electron chi connectivity index (χ2n) is 3.24. The molecule has 0 saturated carbocycles. The summed E-state index contributed by atoms with van der Waals surface area (Å²) in [6.07, 6.45) is 1.56. The van der Waals surface area contributed by atoms with Crippen LogP contribution in [0.3, 0.4) is 0 Å². The number of hydrogen-bond donors (Lipinski definition) is 2. The number of hydrogen-bond acceptors (Lipinski definition) is 3. The third-order valence-electron chi connectivity index (χ3n) is 1.93. The van der Waals surface area contributed by atoms with Crippen molar-refractivity contribution in [2.24, 2.45) is 0 Å². The molecule has 0 spiro atoms. The topological polar surface area (TPSA) is 70.7 Å². The van der Waals surface area contributed by atoms with E-state index < -0.39 is 0 Å². The van der Waals surface area contributed by atoms with Crippen molar-refractivity contribution in [3.8, 4) is 0 Å². The fourth-order valence-corrected chi connectivity index (χ4v) is 1.53. The number of aromatic amines is 1. The Morgan fingerprint density at radius 1 is 1.50 bits per heavy atom. The molecule has 0 saturated heterocycles. The van der Waals surface area contributed by atoms with Gasteiger partial charge in [-0.15, -0.1) is 0 Å². The number of aromatic nitrogens is 3. The molecule has 5 nitrogen and oxygen atoms in total. The Labute approximate surface area is 96.8 Å². The van der Waals surface area contributed by atoms with E-state index in [-0.39, 0.29) is 5.91 Å². The molecule has 6 heteroatoms. The molecule has 0 fully saturated rings. The van der Waals surface area contributed by atoms with Crippen LogP contribution in [0.15, 0.2) is 24.4 Å². The maximum absolute atomic E-state index is 11.8. The van der Waals surface area contributed by atoms with E-state index in [0.717, 1.165) is 0 Å². The van der Waals surface area contributed by atoms with Crippen LogP contribution in [-0.4, -0.2) is 21.1 Å². The van der Waals surface area contributed by atoms with Gasteiger partial charge in [-0.1, -0.05) is 11.6 Å². The Morgan fingerprint density at radius 3 is 2.94 bits per heavy atom. The van der Waals surface area contributed by atoms with Crippen LogP contribution in [0, 0.1) is 6.92 Å². The first-order chi connectivity index (χ1) is 7.65. The second-order valence-corrected chi connectivity index (χ2v) is 3.63. The van der Waals surface area contributed by atoms with E-state index in [1.807, 2.05) is 0 Å². The highest BCUT2D eigenvalue weighted by molar-refractivity contribution is 6.29. The Morgan fingerprint density at radius 2 is 2.31 bits per heavy atom. The fraction of sp³-hybridized carbons (Fsp3) is 0.100. The summed E-state index contributed by atoms with van der Waals surface area (Å²) < 4.78 is 0. The normalized spacial score (nSPS) is 10.1. The van der Waals surface area contributed by atoms with Crippen molar-refractivity contribution in [1.82, 2.24) is 15.2 Å². The third kappa shape index (κ3) is 2.38. The molecule has 1 amide bonds. The Hall–Kier alpha value is -1.88. The van der Waals surface area contributed by atoms with E-state index in [0.29, 0.717) is 22.2 Å². The van der Waals surface area contributed by atoms with Gasteiger partial charge in [0.05, 0.1) is 6.20 Å². The lowest BCUT2D eigenvalue weighted by atomic mass is 10.2. The van der Waals surface area contributed by atoms with Crippen LogP contribution in [0.2, 0.25) is 5.15 Å². The monoisotopic (exact) mass is 236 g/mol. The lowest BCUT2D eigenvalue weighted by Crippen LogP contribution is -2.12. The van der Waals surface area contributed by atoms with Crippen molar-refractivity contribution in [1.29, 1.82) is 0 Å². The van der Waals surface area contributed by atoms with Crippen LogP contribution in [0.1, 0.15) is 16.1 Å². The fourth-order valence-electron chi connectivity index (χ4n) is 1.28. The summed E-state index contributed by atoms with van der Waals surface area (Å²) in [7, 11) is 0. The maximum Gasteiger partial charge on any atom is 0.256 e. The van der Waals surface area contributed by atoms with E-state index in [1.54, 1.807) is 25.3 Å². The van der Waals surface area contributed by atoms with Crippen LogP contribution in [0.25, 0.3) is 0 Å². The Bertz CT molecular complexity index is 489. The van der Waals surface area contributed by atoms with E-state index in [9.17, 15) is 4.79 Å². The van der Waals surface area contributed by atoms with Crippen LogP contribution >= 0.6 is 11.6 Å². The first-order valence-electron chi connectivity index (χ1n) is 4.60. The molecule has 0 aliphatic carbocycles. The predicted molar refractivity (Wildman–Crippen MR) is 60.5 cm³/mol. The summed E-state index contributed by atoms with van der Waals surface area (Å²) in [6.45, 7) is 1.78. The summed E-state index contributed by atoms with van der Waals surface area (Å²) >= 11 is 5.76. The minimum Gasteiger partial charge on any atom is -0.307 e. The van der Waals surface area contributed by atoms with Crippen LogP contribution in [0.4, 0.5) is 5.82 Å². The van der Waals surface area contributed by atoms with Crippen LogP contribution in [0.5, 0.6) is 0 Å². The second kappa shape index (κ2) is 4.32. The van der Waals surface area contributed by atoms with Gasteiger partial charge in [0.2, 0.25) is 0 Å². The number of halogens is 1. The minimum atomic E-state index is -0.253. The molecule has 0 aliphatic heterocycles. The van der Waals surface area contributed by atoms with Gasteiger partial charge >= 0.3 is 0 Å². The van der Waals surface area contributed by atoms with E-state index >= 15 is 0 Å². The Balaban J connectivity index is 2.21. The number of pyridine rings is 1. The molecule has 0 aliphatic rings. The molecule has 16 heavy (non-hydrogen) atoms. The van der Waals surface area contributed by atoms with Crippen LogP contribution in [-0.2, 0) is 0 Å². The molecule has 2 rings (SSSR count). The SMILES string of the molecule is Cc1cc(C(=O)Nc2ccn[nH]2)cc(Cl)n1. The molecule has 0 atom stereocenters. The van der Waals surface area contributed by atoms with E-state index in [1.165, 1.54) is 6.07 Å². The molecule has 0 radical (unpaired) electrons. The zero-order chi connectivity index (χ0) is 11.5. The lowest BCUT2D eigenvalue weighted by Gasteiger charge is -2.03. The number of H-pyrrole nitrogens is 1. The van der Waals surface area contributed by atoms with Crippen molar-refractivity contribution in [2.75, 3.05) is 5.32 Å². The summed E-state index contributed by atoms with van der Waals surface area (Å²) in [5.41, 5.74) is 1.16. The number of carbonyl (C=O) groups excluding carboxylic acids is 1. The van der Waals surface area contributed by atoms with Gasteiger partial charge in [0.1, 0.15) is 11.0 Å². The number of nitrogens with one attached hydrogen (secondary N) is 2. The van der Waals surface area contributed by atoms with Gasteiger partial charge in [-0.05, 0) is 19.1 Å². The summed E-state index contributed by atoms with van der Waals surface area (Å²) in [6, 6.07) is 4.84. The average Bonchev–Trinajstić information content (AvgIpc) is 2.68. The van der Waals surface area contributed by atoms with E-state index in [4.69, 9.17) is 11.6 Å². The van der Waals surface area contributed by atoms with Gasteiger partial charge in [-0.3, -0.25) is 9.89 Å². The first-order valence-corrected chi connectivity index (χ1v) is 4.98. The number of aryl methyl sites for hydroxylation is 1. The summed E-state index contributed by atoms with van der Waals surface area (Å²) in [5.74, 6) is 0.284. The molecule has 82 valence electrons. The van der Waals surface area contributed by atoms with Crippen molar-refractivity contribution in [3.63, 3.8) is 0 Å². The van der Waals surface area contributed by atoms with Crippen molar-refractivity contribution in [3.05, 3.63) is 40.8 Å². The van der Waals surface area contributed by atoms with Crippen molar-refractivity contribution >= 4 is 23.3 Å². The number of nitrogens with zero attached hydrogens (tertiary/aromatic N) is 2. The zero-order valence-electron chi connectivity index (χ0n) is 8.49. The van der Waals surface area contributed by atoms with E-state index in [2.05, 4.69) is 20.5 Å². The number of anilines is 1. The standard InChI is InChI=1S/C10H9ClN4O/c1-6-4-7(5-8(11)13-6)10(16)14-9-2-3-12-15-9/h2-5H,1H3,(H2,12,14,15,16). The highest BCUT2D eigenvalue weighted by Crippen LogP contribution is 2.12. The molecule has 2 aromatic heterocycles. The average molecular weight is 237 g/mol. The molecule has 2 N–H and O–H groups in total. The molecule has 0 bridgehead atoms. The lowest BCUT2D eigenvalue weighted by molar-refractivity contribution is 0.102. The van der Waals surface area contributed by atoms with Gasteiger partial charge in [-0.2, -0.15) is 5.10 Å². The third-order valence-corrected chi connectivity index (χ3v) is 2.13. The van der Waals surface area contributed by atoms with Crippen molar-refractivity contribution < 1.29 is 4.79 Å². The number of carbonyl (C=O) groups is 1. The molecule has 0 aromatic carbocycles. The molecular formula is C10H9ClN4O. The molecular weight excluding hydrogens is 228 g/mol. The smallest absolute Gasteiger partial charge is 0.256 e. The minimum absolute atomic E-state index is 0.253. The highest BCUT2D eigenvalue weighted by atomic mass is 35.5. The van der Waals surface area contributed by atoms with Gasteiger partial charge in [-0.25, -0.2) is 4.98 Å². The largest absolute Gasteiger partial charge is 0.307 e. The molecule has 0 unspecified atom stereocenters. The summed E-state index contributed by atoms with van der Waals surface area (Å²) in [5, 5.41) is 9.31. The highest BCUT2D eigenvalue weighted by Gasteiger charge is 2.08. The van der Waals surface area contributed by atoms with Gasteiger partial charge in [0.25, 0.3) is 5.91 Å². The zero-order valence-corrected chi connectivity index (χ0v) is 9.25. The first kappa shape index (κ1) is 10.6. The molecule has 2 heterocycles. The Kier molecular flexibility index (Phi) is 2.87. The number of amides is 1. The van der Waals surface area contributed by atoms with Crippen LogP contribution < -0.4 is 5.32 Å². The molecule has 2 aromatic rings. The van der Waals surface area contributed by atoms with Gasteiger partial charge in [0.15, 0.2) is 0 Å².